The minimum absolute atomic E-state index is 0.127. The number of ether oxygens (including phenoxy) is 1. The fraction of sp³-hybridized carbons (Fsp3) is 0.333. The third kappa shape index (κ3) is 3.22. The summed E-state index contributed by atoms with van der Waals surface area (Å²) in [7, 11) is 1.62. The highest BCUT2D eigenvalue weighted by Crippen LogP contribution is 2.32. The van der Waals surface area contributed by atoms with Crippen LogP contribution in [-0.2, 0) is 4.79 Å². The molecule has 0 aliphatic carbocycles. The van der Waals surface area contributed by atoms with E-state index in [9.17, 15) is 4.79 Å². The van der Waals surface area contributed by atoms with Gasteiger partial charge in [-0.05, 0) is 42.7 Å². The van der Waals surface area contributed by atoms with Gasteiger partial charge in [0.05, 0.1) is 12.6 Å². The molecule has 0 bridgehead atoms. The molecule has 4 aromatic heterocycles. The van der Waals surface area contributed by atoms with Crippen LogP contribution in [0.4, 0.5) is 5.95 Å². The molecule has 1 fully saturated rings. The van der Waals surface area contributed by atoms with Crippen molar-refractivity contribution in [3.8, 4) is 17.0 Å². The third-order valence-corrected chi connectivity index (χ3v) is 5.66. The van der Waals surface area contributed by atoms with E-state index in [-0.39, 0.29) is 11.9 Å². The van der Waals surface area contributed by atoms with Crippen molar-refractivity contribution in [3.63, 3.8) is 0 Å². The number of fused-ring (bicyclic) bond motifs is 2. The van der Waals surface area contributed by atoms with Gasteiger partial charge in [-0.15, -0.1) is 5.10 Å². The van der Waals surface area contributed by atoms with Gasteiger partial charge in [-0.3, -0.25) is 4.79 Å². The minimum atomic E-state index is 0.127. The van der Waals surface area contributed by atoms with E-state index in [4.69, 9.17) is 4.74 Å². The van der Waals surface area contributed by atoms with E-state index in [1.54, 1.807) is 24.7 Å². The Balaban J connectivity index is 1.45. The number of likely N-dealkylation sites (tertiary alicyclic amines) is 1. The number of anilines is 1. The summed E-state index contributed by atoms with van der Waals surface area (Å²) < 4.78 is 9.25. The Morgan fingerprint density at radius 1 is 1.17 bits per heavy atom. The van der Waals surface area contributed by atoms with E-state index < -0.39 is 0 Å². The molecule has 154 valence electrons. The molecule has 9 heteroatoms. The van der Waals surface area contributed by atoms with E-state index in [0.29, 0.717) is 11.8 Å². The fourth-order valence-electron chi connectivity index (χ4n) is 4.04. The van der Waals surface area contributed by atoms with Gasteiger partial charge in [-0.25, -0.2) is 9.03 Å². The topological polar surface area (TPSA) is 89.1 Å². The van der Waals surface area contributed by atoms with Gasteiger partial charge < -0.3 is 15.0 Å². The molecule has 0 radical (unpaired) electrons. The van der Waals surface area contributed by atoms with Gasteiger partial charge in [-0.1, -0.05) is 0 Å². The highest BCUT2D eigenvalue weighted by Gasteiger charge is 2.22. The number of carbonyl (C=O) groups is 1. The monoisotopic (exact) mass is 405 g/mol. The Morgan fingerprint density at radius 2 is 1.97 bits per heavy atom. The van der Waals surface area contributed by atoms with Crippen LogP contribution in [0.25, 0.3) is 22.2 Å². The summed E-state index contributed by atoms with van der Waals surface area (Å²) in [6.07, 6.45) is 7.36. The normalized spacial score (nSPS) is 15.1. The average Bonchev–Trinajstić information content (AvgIpc) is 3.39. The summed E-state index contributed by atoms with van der Waals surface area (Å²) in [4.78, 5) is 18.0. The number of rotatable bonds is 4. The number of pyridine rings is 1. The first kappa shape index (κ1) is 18.4. The largest absolute Gasteiger partial charge is 0.479 e. The molecule has 30 heavy (non-hydrogen) atoms. The molecule has 4 aromatic rings. The van der Waals surface area contributed by atoms with Crippen LogP contribution in [0.1, 0.15) is 19.8 Å². The van der Waals surface area contributed by atoms with Gasteiger partial charge in [-0.2, -0.15) is 10.1 Å². The predicted octanol–water partition coefficient (Wildman–Crippen LogP) is 2.48. The molecule has 9 nitrogen and oxygen atoms in total. The molecule has 0 aromatic carbocycles. The van der Waals surface area contributed by atoms with Gasteiger partial charge in [0, 0.05) is 50.2 Å². The van der Waals surface area contributed by atoms with Crippen LogP contribution in [0.15, 0.2) is 42.9 Å². The Labute approximate surface area is 173 Å². The molecule has 1 aliphatic heterocycles. The number of hydrogen-bond acceptors (Lipinski definition) is 6. The van der Waals surface area contributed by atoms with Crippen molar-refractivity contribution >= 4 is 22.9 Å². The molecule has 1 N–H and O–H groups in total. The lowest BCUT2D eigenvalue weighted by atomic mass is 10.1. The fourth-order valence-corrected chi connectivity index (χ4v) is 4.04. The minimum Gasteiger partial charge on any atom is -0.479 e. The number of methoxy groups -OCH3 is 1. The third-order valence-electron chi connectivity index (χ3n) is 5.66. The number of carbonyl (C=O) groups excluding carboxylic acids is 1. The van der Waals surface area contributed by atoms with Gasteiger partial charge in [0.2, 0.25) is 17.7 Å². The van der Waals surface area contributed by atoms with Crippen molar-refractivity contribution in [1.29, 1.82) is 0 Å². The Bertz CT molecular complexity index is 1220. The smallest absolute Gasteiger partial charge is 0.244 e. The molecule has 1 saturated heterocycles. The Kier molecular flexibility index (Phi) is 4.50. The number of amides is 1. The molecule has 0 saturated carbocycles. The van der Waals surface area contributed by atoms with E-state index in [1.165, 1.54) is 0 Å². The van der Waals surface area contributed by atoms with Crippen molar-refractivity contribution in [2.24, 2.45) is 0 Å². The summed E-state index contributed by atoms with van der Waals surface area (Å²) in [6, 6.07) is 8.31. The van der Waals surface area contributed by atoms with Gasteiger partial charge >= 0.3 is 0 Å². The number of piperidine rings is 1. The van der Waals surface area contributed by atoms with Crippen LogP contribution in [0.2, 0.25) is 0 Å². The molecule has 0 spiro atoms. The summed E-state index contributed by atoms with van der Waals surface area (Å²) in [6.45, 7) is 3.11. The second-order valence-electron chi connectivity index (χ2n) is 7.51. The van der Waals surface area contributed by atoms with Crippen molar-refractivity contribution in [2.45, 2.75) is 25.8 Å². The molecular weight excluding hydrogens is 382 g/mol. The predicted molar refractivity (Wildman–Crippen MR) is 113 cm³/mol. The summed E-state index contributed by atoms with van der Waals surface area (Å²) in [5.74, 6) is 1.16. The zero-order valence-corrected chi connectivity index (χ0v) is 16.9. The summed E-state index contributed by atoms with van der Waals surface area (Å²) >= 11 is 0. The van der Waals surface area contributed by atoms with E-state index in [2.05, 4.69) is 26.6 Å². The van der Waals surface area contributed by atoms with Crippen LogP contribution in [-0.4, -0.2) is 61.3 Å². The highest BCUT2D eigenvalue weighted by atomic mass is 16.5. The number of nitrogens with zero attached hydrogens (tertiary/aromatic N) is 6. The number of aromatic nitrogens is 5. The standard InChI is InChI=1S/C21H23N7O2/c1-14(29)26-9-5-16(6-10-26)23-21-24-20(30-2)19-18(7-12-28(19)25-21)15-4-11-27-17(13-15)3-8-22-27/h3-4,7-8,11-13,16H,5-6,9-10H2,1-2H3,(H,23,25). The molecular formula is C21H23N7O2. The van der Waals surface area contributed by atoms with Crippen LogP contribution in [0.5, 0.6) is 5.88 Å². The van der Waals surface area contributed by atoms with Crippen molar-refractivity contribution < 1.29 is 9.53 Å². The lowest BCUT2D eigenvalue weighted by Crippen LogP contribution is -2.41. The molecule has 5 rings (SSSR count). The molecule has 1 amide bonds. The van der Waals surface area contributed by atoms with Crippen LogP contribution < -0.4 is 10.1 Å². The SMILES string of the molecule is COc1nc(NC2CCN(C(C)=O)CC2)nn2ccc(-c3ccn4nccc4c3)c12. The van der Waals surface area contributed by atoms with E-state index in [1.807, 2.05) is 40.0 Å². The number of hydrogen-bond donors (Lipinski definition) is 1. The molecule has 1 aliphatic rings. The molecule has 0 unspecified atom stereocenters. The zero-order valence-electron chi connectivity index (χ0n) is 16.9. The van der Waals surface area contributed by atoms with Crippen molar-refractivity contribution in [3.05, 3.63) is 42.9 Å². The lowest BCUT2D eigenvalue weighted by Gasteiger charge is -2.31. The van der Waals surface area contributed by atoms with Crippen LogP contribution >= 0.6 is 0 Å². The number of nitrogens with one attached hydrogen (secondary N) is 1. The summed E-state index contributed by atoms with van der Waals surface area (Å²) in [5.41, 5.74) is 3.88. The van der Waals surface area contributed by atoms with Gasteiger partial charge in [0.25, 0.3) is 0 Å². The van der Waals surface area contributed by atoms with Gasteiger partial charge in [0.15, 0.2) is 0 Å². The Hall–Kier alpha value is -3.62. The first-order chi connectivity index (χ1) is 14.6. The maximum Gasteiger partial charge on any atom is 0.244 e. The quantitative estimate of drug-likeness (QED) is 0.561. The van der Waals surface area contributed by atoms with Crippen molar-refractivity contribution in [1.82, 2.24) is 29.1 Å². The van der Waals surface area contributed by atoms with Crippen LogP contribution in [0.3, 0.4) is 0 Å². The first-order valence-corrected chi connectivity index (χ1v) is 10.0. The molecule has 0 atom stereocenters. The lowest BCUT2D eigenvalue weighted by molar-refractivity contribution is -0.129. The van der Waals surface area contributed by atoms with Gasteiger partial charge in [0.1, 0.15) is 5.52 Å². The maximum atomic E-state index is 11.5. The average molecular weight is 405 g/mol. The summed E-state index contributed by atoms with van der Waals surface area (Å²) in [5, 5.41) is 12.3. The van der Waals surface area contributed by atoms with E-state index >= 15 is 0 Å². The Morgan fingerprint density at radius 3 is 2.73 bits per heavy atom. The maximum absolute atomic E-state index is 11.5. The zero-order chi connectivity index (χ0) is 20.7. The van der Waals surface area contributed by atoms with E-state index in [0.717, 1.165) is 48.1 Å². The highest BCUT2D eigenvalue weighted by molar-refractivity contribution is 5.85. The molecule has 5 heterocycles. The van der Waals surface area contributed by atoms with Crippen molar-refractivity contribution in [2.75, 3.05) is 25.5 Å². The first-order valence-electron chi connectivity index (χ1n) is 10.0. The second-order valence-corrected chi connectivity index (χ2v) is 7.51. The second kappa shape index (κ2) is 7.33. The van der Waals surface area contributed by atoms with Crippen LogP contribution in [0, 0.1) is 0 Å².